The SMILES string of the molecule is COc1cccc(C(=O)NC2(C#N)CCC2)c1OC. The average molecular weight is 260 g/mol. The normalized spacial score (nSPS) is 15.8. The molecule has 0 aliphatic heterocycles. The van der Waals surface area contributed by atoms with Gasteiger partial charge in [0, 0.05) is 0 Å². The van der Waals surface area contributed by atoms with Crippen LogP contribution < -0.4 is 14.8 Å². The number of nitrogens with zero attached hydrogens (tertiary/aromatic N) is 1. The fourth-order valence-corrected chi connectivity index (χ4v) is 2.15. The lowest BCUT2D eigenvalue weighted by Gasteiger charge is -2.35. The number of carbonyl (C=O) groups excluding carboxylic acids is 1. The molecule has 0 unspecified atom stereocenters. The van der Waals surface area contributed by atoms with Gasteiger partial charge in [0.1, 0.15) is 5.54 Å². The highest BCUT2D eigenvalue weighted by atomic mass is 16.5. The molecular formula is C14H16N2O3. The Bertz CT molecular complexity index is 530. The van der Waals surface area contributed by atoms with Crippen molar-refractivity contribution in [3.05, 3.63) is 23.8 Å². The van der Waals surface area contributed by atoms with Crippen LogP contribution in [0.15, 0.2) is 18.2 Å². The van der Waals surface area contributed by atoms with E-state index in [0.717, 1.165) is 6.42 Å². The van der Waals surface area contributed by atoms with Crippen molar-refractivity contribution in [3.63, 3.8) is 0 Å². The molecule has 1 aliphatic rings. The van der Waals surface area contributed by atoms with Gasteiger partial charge in [0.2, 0.25) is 0 Å². The van der Waals surface area contributed by atoms with Crippen LogP contribution in [0.3, 0.4) is 0 Å². The Morgan fingerprint density at radius 2 is 2.11 bits per heavy atom. The second kappa shape index (κ2) is 5.19. The van der Waals surface area contributed by atoms with E-state index in [1.807, 2.05) is 0 Å². The molecule has 0 radical (unpaired) electrons. The highest BCUT2D eigenvalue weighted by Gasteiger charge is 2.39. The minimum Gasteiger partial charge on any atom is -0.493 e. The first-order valence-corrected chi connectivity index (χ1v) is 6.10. The van der Waals surface area contributed by atoms with Gasteiger partial charge >= 0.3 is 0 Å². The molecule has 0 heterocycles. The Balaban J connectivity index is 2.27. The Labute approximate surface area is 112 Å². The molecule has 100 valence electrons. The van der Waals surface area contributed by atoms with Crippen LogP contribution in [-0.2, 0) is 0 Å². The van der Waals surface area contributed by atoms with Crippen LogP contribution in [0.25, 0.3) is 0 Å². The van der Waals surface area contributed by atoms with Gasteiger partial charge in [0.15, 0.2) is 11.5 Å². The van der Waals surface area contributed by atoms with Crippen molar-refractivity contribution in [2.45, 2.75) is 24.8 Å². The molecule has 1 aromatic rings. The molecule has 0 saturated heterocycles. The first kappa shape index (κ1) is 13.2. The largest absolute Gasteiger partial charge is 0.493 e. The zero-order valence-electron chi connectivity index (χ0n) is 11.0. The lowest BCUT2D eigenvalue weighted by atomic mass is 9.78. The van der Waals surface area contributed by atoms with Gasteiger partial charge in [-0.2, -0.15) is 5.26 Å². The van der Waals surface area contributed by atoms with Crippen LogP contribution in [0.2, 0.25) is 0 Å². The summed E-state index contributed by atoms with van der Waals surface area (Å²) < 4.78 is 10.4. The predicted octanol–water partition coefficient (Wildman–Crippen LogP) is 1.88. The molecule has 1 aromatic carbocycles. The first-order valence-electron chi connectivity index (χ1n) is 6.10. The zero-order valence-corrected chi connectivity index (χ0v) is 11.0. The van der Waals surface area contributed by atoms with Crippen molar-refractivity contribution < 1.29 is 14.3 Å². The fourth-order valence-electron chi connectivity index (χ4n) is 2.15. The van der Waals surface area contributed by atoms with Gasteiger partial charge in [0.25, 0.3) is 5.91 Å². The van der Waals surface area contributed by atoms with Crippen LogP contribution in [0.1, 0.15) is 29.6 Å². The van der Waals surface area contributed by atoms with Crippen molar-refractivity contribution in [1.29, 1.82) is 5.26 Å². The van der Waals surface area contributed by atoms with Gasteiger partial charge < -0.3 is 14.8 Å². The quantitative estimate of drug-likeness (QED) is 0.897. The van der Waals surface area contributed by atoms with Gasteiger partial charge in [-0.15, -0.1) is 0 Å². The van der Waals surface area contributed by atoms with Gasteiger partial charge in [0.05, 0.1) is 25.9 Å². The molecule has 1 N–H and O–H groups in total. The topological polar surface area (TPSA) is 71.3 Å². The summed E-state index contributed by atoms with van der Waals surface area (Å²) >= 11 is 0. The van der Waals surface area contributed by atoms with E-state index in [1.165, 1.54) is 14.2 Å². The molecule has 1 aliphatic carbocycles. The highest BCUT2D eigenvalue weighted by Crippen LogP contribution is 2.34. The number of methoxy groups -OCH3 is 2. The van der Waals surface area contributed by atoms with E-state index in [0.29, 0.717) is 29.9 Å². The summed E-state index contributed by atoms with van der Waals surface area (Å²) in [4.78, 5) is 12.3. The molecule has 1 fully saturated rings. The summed E-state index contributed by atoms with van der Waals surface area (Å²) in [6.07, 6.45) is 2.35. The molecule has 19 heavy (non-hydrogen) atoms. The summed E-state index contributed by atoms with van der Waals surface area (Å²) in [7, 11) is 3.00. The number of hydrogen-bond donors (Lipinski definition) is 1. The van der Waals surface area contributed by atoms with E-state index in [4.69, 9.17) is 14.7 Å². The van der Waals surface area contributed by atoms with Crippen LogP contribution in [0.5, 0.6) is 11.5 Å². The number of nitrogens with one attached hydrogen (secondary N) is 1. The molecule has 0 bridgehead atoms. The van der Waals surface area contributed by atoms with Crippen molar-refractivity contribution in [3.8, 4) is 17.6 Å². The number of ether oxygens (including phenoxy) is 2. The van der Waals surface area contributed by atoms with E-state index in [-0.39, 0.29) is 5.91 Å². The van der Waals surface area contributed by atoms with Crippen LogP contribution >= 0.6 is 0 Å². The molecule has 1 saturated carbocycles. The monoisotopic (exact) mass is 260 g/mol. The lowest BCUT2D eigenvalue weighted by Crippen LogP contribution is -2.52. The van der Waals surface area contributed by atoms with E-state index in [1.54, 1.807) is 18.2 Å². The fraction of sp³-hybridized carbons (Fsp3) is 0.429. The van der Waals surface area contributed by atoms with E-state index < -0.39 is 5.54 Å². The summed E-state index contributed by atoms with van der Waals surface area (Å²) in [5.41, 5.74) is -0.339. The molecule has 5 nitrogen and oxygen atoms in total. The number of carbonyl (C=O) groups is 1. The van der Waals surface area contributed by atoms with Crippen molar-refractivity contribution in [2.75, 3.05) is 14.2 Å². The molecule has 2 rings (SSSR count). The minimum atomic E-state index is -0.717. The molecule has 1 amide bonds. The van der Waals surface area contributed by atoms with Crippen molar-refractivity contribution in [2.24, 2.45) is 0 Å². The Morgan fingerprint density at radius 1 is 1.37 bits per heavy atom. The predicted molar refractivity (Wildman–Crippen MR) is 69.2 cm³/mol. The molecule has 0 atom stereocenters. The summed E-state index contributed by atoms with van der Waals surface area (Å²) in [5.74, 6) is 0.571. The van der Waals surface area contributed by atoms with Gasteiger partial charge in [-0.3, -0.25) is 4.79 Å². The number of amides is 1. The summed E-state index contributed by atoms with van der Waals surface area (Å²) in [6.45, 7) is 0. The van der Waals surface area contributed by atoms with Crippen molar-refractivity contribution in [1.82, 2.24) is 5.32 Å². The molecule has 5 heteroatoms. The molecular weight excluding hydrogens is 244 g/mol. The van der Waals surface area contributed by atoms with E-state index >= 15 is 0 Å². The summed E-state index contributed by atoms with van der Waals surface area (Å²) in [6, 6.07) is 7.27. The Kier molecular flexibility index (Phi) is 3.61. The van der Waals surface area contributed by atoms with Gasteiger partial charge in [-0.1, -0.05) is 6.07 Å². The van der Waals surface area contributed by atoms with Crippen LogP contribution in [0, 0.1) is 11.3 Å². The van der Waals surface area contributed by atoms with Gasteiger partial charge in [-0.05, 0) is 31.4 Å². The average Bonchev–Trinajstić information content (AvgIpc) is 2.41. The maximum Gasteiger partial charge on any atom is 0.256 e. The molecule has 0 spiro atoms. The molecule has 0 aromatic heterocycles. The third-order valence-electron chi connectivity index (χ3n) is 3.42. The van der Waals surface area contributed by atoms with Crippen LogP contribution in [0.4, 0.5) is 0 Å². The number of benzene rings is 1. The second-order valence-corrected chi connectivity index (χ2v) is 4.54. The summed E-state index contributed by atoms with van der Waals surface area (Å²) in [5, 5.41) is 11.9. The number of para-hydroxylation sites is 1. The Hall–Kier alpha value is -2.22. The maximum atomic E-state index is 12.3. The zero-order chi connectivity index (χ0) is 13.9. The lowest BCUT2D eigenvalue weighted by molar-refractivity contribution is 0.0878. The Morgan fingerprint density at radius 3 is 2.58 bits per heavy atom. The third-order valence-corrected chi connectivity index (χ3v) is 3.42. The van der Waals surface area contributed by atoms with Crippen LogP contribution in [-0.4, -0.2) is 25.7 Å². The van der Waals surface area contributed by atoms with Crippen molar-refractivity contribution >= 4 is 5.91 Å². The third kappa shape index (κ3) is 2.34. The van der Waals surface area contributed by atoms with E-state index in [2.05, 4.69) is 11.4 Å². The standard InChI is InChI=1S/C14H16N2O3/c1-18-11-6-3-5-10(12(11)19-2)13(17)16-14(9-15)7-4-8-14/h3,5-6H,4,7-8H2,1-2H3,(H,16,17). The number of rotatable bonds is 4. The maximum absolute atomic E-state index is 12.3. The van der Waals surface area contributed by atoms with E-state index in [9.17, 15) is 4.79 Å². The smallest absolute Gasteiger partial charge is 0.256 e. The second-order valence-electron chi connectivity index (χ2n) is 4.54. The first-order chi connectivity index (χ1) is 9.15. The number of hydrogen-bond acceptors (Lipinski definition) is 4. The number of nitriles is 1. The van der Waals surface area contributed by atoms with Gasteiger partial charge in [-0.25, -0.2) is 0 Å². The highest BCUT2D eigenvalue weighted by molar-refractivity contribution is 5.98. The minimum absolute atomic E-state index is 0.308.